The molecule has 1 rings (SSSR count). The standard InChI is InChI=1S/C8H16N4S/c1-7-11-12-8(13-7)10-6-4-2-3-5-9/h2-6,9H2,1H3,(H,10,12). The number of nitrogens with zero attached hydrogens (tertiary/aromatic N) is 2. The van der Waals surface area contributed by atoms with Gasteiger partial charge in [0.25, 0.3) is 0 Å². The number of rotatable bonds is 6. The zero-order chi connectivity index (χ0) is 9.52. The van der Waals surface area contributed by atoms with Crippen molar-refractivity contribution in [2.24, 2.45) is 5.73 Å². The molecule has 0 saturated carbocycles. The van der Waals surface area contributed by atoms with Crippen LogP contribution in [0.2, 0.25) is 0 Å². The number of aromatic nitrogens is 2. The van der Waals surface area contributed by atoms with E-state index in [1.165, 1.54) is 6.42 Å². The average molecular weight is 200 g/mol. The van der Waals surface area contributed by atoms with Gasteiger partial charge in [0.2, 0.25) is 5.13 Å². The summed E-state index contributed by atoms with van der Waals surface area (Å²) >= 11 is 1.59. The number of hydrogen-bond acceptors (Lipinski definition) is 5. The molecule has 13 heavy (non-hydrogen) atoms. The van der Waals surface area contributed by atoms with Gasteiger partial charge in [0.05, 0.1) is 0 Å². The van der Waals surface area contributed by atoms with Crippen LogP contribution in [0.1, 0.15) is 24.3 Å². The van der Waals surface area contributed by atoms with E-state index >= 15 is 0 Å². The molecule has 0 amide bonds. The van der Waals surface area contributed by atoms with E-state index in [-0.39, 0.29) is 0 Å². The van der Waals surface area contributed by atoms with Crippen LogP contribution in [-0.2, 0) is 0 Å². The molecule has 0 radical (unpaired) electrons. The lowest BCUT2D eigenvalue weighted by molar-refractivity contribution is 0.706. The van der Waals surface area contributed by atoms with E-state index in [1.807, 2.05) is 6.92 Å². The molecule has 3 N–H and O–H groups in total. The summed E-state index contributed by atoms with van der Waals surface area (Å²) in [6, 6.07) is 0. The molecular formula is C8H16N4S. The van der Waals surface area contributed by atoms with Crippen LogP contribution in [0.25, 0.3) is 0 Å². The quantitative estimate of drug-likeness (QED) is 0.681. The van der Waals surface area contributed by atoms with Gasteiger partial charge in [0.15, 0.2) is 0 Å². The molecule has 0 fully saturated rings. The molecule has 1 aromatic heterocycles. The zero-order valence-electron chi connectivity index (χ0n) is 7.92. The summed E-state index contributed by atoms with van der Waals surface area (Å²) in [5.41, 5.74) is 5.38. The Hall–Kier alpha value is -0.680. The van der Waals surface area contributed by atoms with Crippen molar-refractivity contribution in [1.82, 2.24) is 10.2 Å². The molecule has 0 unspecified atom stereocenters. The summed E-state index contributed by atoms with van der Waals surface area (Å²) in [4.78, 5) is 0. The van der Waals surface area contributed by atoms with Crippen molar-refractivity contribution in [2.75, 3.05) is 18.4 Å². The van der Waals surface area contributed by atoms with Gasteiger partial charge in [-0.15, -0.1) is 10.2 Å². The summed E-state index contributed by atoms with van der Waals surface area (Å²) in [5, 5.41) is 13.0. The Bertz CT molecular complexity index is 236. The minimum Gasteiger partial charge on any atom is -0.360 e. The van der Waals surface area contributed by atoms with Crippen molar-refractivity contribution in [1.29, 1.82) is 0 Å². The molecule has 0 aromatic carbocycles. The van der Waals surface area contributed by atoms with Crippen molar-refractivity contribution in [2.45, 2.75) is 26.2 Å². The lowest BCUT2D eigenvalue weighted by atomic mass is 10.2. The molecule has 0 aliphatic carbocycles. The maximum Gasteiger partial charge on any atom is 0.205 e. The third kappa shape index (κ3) is 4.19. The highest BCUT2D eigenvalue weighted by Gasteiger charge is 1.97. The average Bonchev–Trinajstić information content (AvgIpc) is 2.51. The maximum absolute atomic E-state index is 5.38. The van der Waals surface area contributed by atoms with Crippen LogP contribution in [0.15, 0.2) is 0 Å². The summed E-state index contributed by atoms with van der Waals surface area (Å²) < 4.78 is 0. The molecule has 0 atom stereocenters. The van der Waals surface area contributed by atoms with Gasteiger partial charge in [-0.1, -0.05) is 17.8 Å². The number of anilines is 1. The highest BCUT2D eigenvalue weighted by molar-refractivity contribution is 7.15. The largest absolute Gasteiger partial charge is 0.360 e. The van der Waals surface area contributed by atoms with Crippen LogP contribution < -0.4 is 11.1 Å². The van der Waals surface area contributed by atoms with Gasteiger partial charge in [-0.3, -0.25) is 0 Å². The van der Waals surface area contributed by atoms with Crippen LogP contribution >= 0.6 is 11.3 Å². The van der Waals surface area contributed by atoms with Crippen LogP contribution in [0.4, 0.5) is 5.13 Å². The third-order valence-electron chi connectivity index (χ3n) is 1.68. The second-order valence-corrected chi connectivity index (χ2v) is 4.08. The first-order chi connectivity index (χ1) is 6.33. The van der Waals surface area contributed by atoms with Gasteiger partial charge in [-0.25, -0.2) is 0 Å². The van der Waals surface area contributed by atoms with Gasteiger partial charge in [0.1, 0.15) is 5.01 Å². The first-order valence-corrected chi connectivity index (χ1v) is 5.38. The fourth-order valence-corrected chi connectivity index (χ4v) is 1.63. The summed E-state index contributed by atoms with van der Waals surface area (Å²) in [6.45, 7) is 3.71. The molecule has 0 saturated heterocycles. The molecule has 1 heterocycles. The van der Waals surface area contributed by atoms with E-state index in [0.717, 1.165) is 36.1 Å². The zero-order valence-corrected chi connectivity index (χ0v) is 8.73. The SMILES string of the molecule is Cc1nnc(NCCCCCN)s1. The van der Waals surface area contributed by atoms with E-state index < -0.39 is 0 Å². The minimum atomic E-state index is 0.790. The molecule has 74 valence electrons. The Balaban J connectivity index is 2.06. The summed E-state index contributed by atoms with van der Waals surface area (Å²) in [5.74, 6) is 0. The Kier molecular flexibility index (Phi) is 4.70. The van der Waals surface area contributed by atoms with Crippen LogP contribution in [-0.4, -0.2) is 23.3 Å². The highest BCUT2D eigenvalue weighted by atomic mass is 32.1. The Morgan fingerprint density at radius 1 is 1.31 bits per heavy atom. The molecule has 5 heteroatoms. The molecular weight excluding hydrogens is 184 g/mol. The topological polar surface area (TPSA) is 63.8 Å². The molecule has 0 aliphatic rings. The molecule has 1 aromatic rings. The highest BCUT2D eigenvalue weighted by Crippen LogP contribution is 2.13. The van der Waals surface area contributed by atoms with E-state index in [1.54, 1.807) is 11.3 Å². The van der Waals surface area contributed by atoms with Crippen molar-refractivity contribution < 1.29 is 0 Å². The van der Waals surface area contributed by atoms with Gasteiger partial charge in [-0.05, 0) is 26.3 Å². The molecule has 0 spiro atoms. The number of nitrogens with one attached hydrogen (secondary N) is 1. The summed E-state index contributed by atoms with van der Waals surface area (Å²) in [6.07, 6.45) is 3.44. The van der Waals surface area contributed by atoms with Crippen molar-refractivity contribution in [3.05, 3.63) is 5.01 Å². The van der Waals surface area contributed by atoms with Crippen LogP contribution in [0, 0.1) is 6.92 Å². The first kappa shape index (κ1) is 10.4. The Labute approximate surface area is 82.6 Å². The lowest BCUT2D eigenvalue weighted by Crippen LogP contribution is -2.03. The lowest BCUT2D eigenvalue weighted by Gasteiger charge is -2.00. The van der Waals surface area contributed by atoms with Crippen LogP contribution in [0.5, 0.6) is 0 Å². The molecule has 0 aliphatic heterocycles. The third-order valence-corrected chi connectivity index (χ3v) is 2.48. The fraction of sp³-hybridized carbons (Fsp3) is 0.750. The predicted molar refractivity (Wildman–Crippen MR) is 56.0 cm³/mol. The number of aryl methyl sites for hydroxylation is 1. The van der Waals surface area contributed by atoms with Gasteiger partial charge < -0.3 is 11.1 Å². The van der Waals surface area contributed by atoms with E-state index in [4.69, 9.17) is 5.73 Å². The summed E-state index contributed by atoms with van der Waals surface area (Å²) in [7, 11) is 0. The fourth-order valence-electron chi connectivity index (χ4n) is 1.01. The minimum absolute atomic E-state index is 0.790. The van der Waals surface area contributed by atoms with Gasteiger partial charge >= 0.3 is 0 Å². The number of hydrogen-bond donors (Lipinski definition) is 2. The normalized spacial score (nSPS) is 10.3. The first-order valence-electron chi connectivity index (χ1n) is 4.57. The van der Waals surface area contributed by atoms with Gasteiger partial charge in [-0.2, -0.15) is 0 Å². The second kappa shape index (κ2) is 5.88. The maximum atomic E-state index is 5.38. The van der Waals surface area contributed by atoms with Crippen LogP contribution in [0.3, 0.4) is 0 Å². The van der Waals surface area contributed by atoms with E-state index in [2.05, 4.69) is 15.5 Å². The van der Waals surface area contributed by atoms with Crippen molar-refractivity contribution >= 4 is 16.5 Å². The van der Waals surface area contributed by atoms with Gasteiger partial charge in [0, 0.05) is 6.54 Å². The van der Waals surface area contributed by atoms with E-state index in [9.17, 15) is 0 Å². The molecule has 4 nitrogen and oxygen atoms in total. The monoisotopic (exact) mass is 200 g/mol. The second-order valence-electron chi connectivity index (χ2n) is 2.90. The van der Waals surface area contributed by atoms with Crippen molar-refractivity contribution in [3.8, 4) is 0 Å². The van der Waals surface area contributed by atoms with E-state index in [0.29, 0.717) is 0 Å². The Morgan fingerprint density at radius 2 is 2.15 bits per heavy atom. The molecule has 0 bridgehead atoms. The number of unbranched alkanes of at least 4 members (excludes halogenated alkanes) is 2. The van der Waals surface area contributed by atoms with Crippen molar-refractivity contribution in [3.63, 3.8) is 0 Å². The Morgan fingerprint density at radius 3 is 2.77 bits per heavy atom. The number of nitrogens with two attached hydrogens (primary N) is 1. The predicted octanol–water partition coefficient (Wildman–Crippen LogP) is 1.39. The smallest absolute Gasteiger partial charge is 0.205 e.